The molecule has 2 rings (SSSR count). The number of rotatable bonds is 4. The van der Waals surface area contributed by atoms with Gasteiger partial charge < -0.3 is 9.64 Å². The van der Waals surface area contributed by atoms with E-state index in [-0.39, 0.29) is 12.4 Å². The van der Waals surface area contributed by atoms with Crippen molar-refractivity contribution in [2.45, 2.75) is 31.6 Å². The molecule has 1 fully saturated rings. The molecule has 0 spiro atoms. The zero-order valence-corrected chi connectivity index (χ0v) is 13.1. The maximum absolute atomic E-state index is 5.35. The fourth-order valence-electron chi connectivity index (χ4n) is 3.21. The Kier molecular flexibility index (Phi) is 6.67. The summed E-state index contributed by atoms with van der Waals surface area (Å²) in [7, 11) is 6.10. The van der Waals surface area contributed by atoms with Crippen LogP contribution in [0.5, 0.6) is 5.75 Å². The Morgan fingerprint density at radius 1 is 1.21 bits per heavy atom. The first-order valence-corrected chi connectivity index (χ1v) is 6.99. The minimum atomic E-state index is 0. The third-order valence-corrected chi connectivity index (χ3v) is 4.03. The van der Waals surface area contributed by atoms with Gasteiger partial charge in [0.15, 0.2) is 0 Å². The summed E-state index contributed by atoms with van der Waals surface area (Å²) in [5, 5.41) is 0. The van der Waals surface area contributed by atoms with Crippen molar-refractivity contribution in [3.63, 3.8) is 0 Å². The summed E-state index contributed by atoms with van der Waals surface area (Å²) in [6.45, 7) is 1.20. The van der Waals surface area contributed by atoms with Gasteiger partial charge in [0, 0.05) is 6.54 Å². The largest absolute Gasteiger partial charge is 0.497 e. The van der Waals surface area contributed by atoms with Crippen LogP contribution in [0.25, 0.3) is 0 Å². The van der Waals surface area contributed by atoms with Crippen LogP contribution in [0.1, 0.15) is 37.2 Å². The maximum Gasteiger partial charge on any atom is 0.119 e. The summed E-state index contributed by atoms with van der Waals surface area (Å²) in [5.74, 6) is 2.48. The molecule has 0 radical (unpaired) electrons. The average Bonchev–Trinajstić information content (AvgIpc) is 2.39. The number of benzene rings is 1. The molecule has 108 valence electrons. The van der Waals surface area contributed by atoms with Gasteiger partial charge in [-0.2, -0.15) is 0 Å². The second-order valence-corrected chi connectivity index (χ2v) is 5.69. The van der Waals surface area contributed by atoms with E-state index in [1.165, 1.54) is 37.8 Å². The number of methoxy groups -OCH3 is 1. The molecule has 0 amide bonds. The molecular formula is C16H26ClNO. The van der Waals surface area contributed by atoms with Gasteiger partial charge in [0.25, 0.3) is 0 Å². The van der Waals surface area contributed by atoms with Gasteiger partial charge in [-0.25, -0.2) is 0 Å². The van der Waals surface area contributed by atoms with Gasteiger partial charge in [0.2, 0.25) is 0 Å². The second kappa shape index (κ2) is 7.76. The molecule has 0 bridgehead atoms. The molecule has 1 aliphatic rings. The van der Waals surface area contributed by atoms with Crippen LogP contribution in [0, 0.1) is 5.92 Å². The molecule has 2 nitrogen and oxygen atoms in total. The Hall–Kier alpha value is -0.730. The highest BCUT2D eigenvalue weighted by molar-refractivity contribution is 5.85. The molecule has 19 heavy (non-hydrogen) atoms. The molecular weight excluding hydrogens is 258 g/mol. The summed E-state index contributed by atoms with van der Waals surface area (Å²) in [4.78, 5) is 2.32. The molecule has 3 heteroatoms. The summed E-state index contributed by atoms with van der Waals surface area (Å²) < 4.78 is 5.35. The predicted molar refractivity (Wildman–Crippen MR) is 83.5 cm³/mol. The van der Waals surface area contributed by atoms with Crippen molar-refractivity contribution < 1.29 is 4.74 Å². The van der Waals surface area contributed by atoms with Gasteiger partial charge in [-0.3, -0.25) is 0 Å². The molecule has 0 saturated heterocycles. The minimum absolute atomic E-state index is 0. The highest BCUT2D eigenvalue weighted by Crippen LogP contribution is 2.38. The van der Waals surface area contributed by atoms with Crippen LogP contribution in [0.4, 0.5) is 0 Å². The van der Waals surface area contributed by atoms with Gasteiger partial charge in [0.05, 0.1) is 7.11 Å². The second-order valence-electron chi connectivity index (χ2n) is 5.69. The lowest BCUT2D eigenvalue weighted by molar-refractivity contribution is 0.233. The van der Waals surface area contributed by atoms with Crippen LogP contribution in [0.2, 0.25) is 0 Å². The van der Waals surface area contributed by atoms with Crippen molar-refractivity contribution in [1.29, 1.82) is 0 Å². The Morgan fingerprint density at radius 3 is 2.63 bits per heavy atom. The van der Waals surface area contributed by atoms with Gasteiger partial charge in [-0.15, -0.1) is 12.4 Å². The fraction of sp³-hybridized carbons (Fsp3) is 0.625. The van der Waals surface area contributed by atoms with E-state index in [4.69, 9.17) is 4.74 Å². The van der Waals surface area contributed by atoms with E-state index >= 15 is 0 Å². The third-order valence-electron chi connectivity index (χ3n) is 4.03. The minimum Gasteiger partial charge on any atom is -0.497 e. The van der Waals surface area contributed by atoms with Gasteiger partial charge in [-0.05, 0) is 56.5 Å². The van der Waals surface area contributed by atoms with Crippen LogP contribution in [0.3, 0.4) is 0 Å². The van der Waals surface area contributed by atoms with Crippen molar-refractivity contribution in [3.05, 3.63) is 29.8 Å². The number of hydrogen-bond donors (Lipinski definition) is 0. The standard InChI is InChI=1S/C16H25NO.ClH/c1-17(2)12-14-7-4-5-10-16(14)13-8-6-9-15(11-13)18-3;/h6,8-9,11,14,16H,4-5,7,10,12H2,1-3H3;1H/t14-,16-;/m0./s1. The Morgan fingerprint density at radius 2 is 1.95 bits per heavy atom. The molecule has 0 heterocycles. The first-order valence-electron chi connectivity index (χ1n) is 6.99. The predicted octanol–water partition coefficient (Wildman–Crippen LogP) is 3.95. The molecule has 1 aromatic rings. The van der Waals surface area contributed by atoms with E-state index in [2.05, 4.69) is 37.2 Å². The van der Waals surface area contributed by atoms with E-state index in [1.807, 2.05) is 6.07 Å². The number of nitrogens with zero attached hydrogens (tertiary/aromatic N) is 1. The molecule has 1 aromatic carbocycles. The quantitative estimate of drug-likeness (QED) is 0.829. The van der Waals surface area contributed by atoms with Crippen molar-refractivity contribution >= 4 is 12.4 Å². The van der Waals surface area contributed by atoms with Crippen molar-refractivity contribution in [3.8, 4) is 5.75 Å². The number of halogens is 1. The maximum atomic E-state index is 5.35. The molecule has 0 aromatic heterocycles. The normalized spacial score (nSPS) is 22.9. The number of ether oxygens (including phenoxy) is 1. The van der Waals surface area contributed by atoms with Crippen LogP contribution in [-0.2, 0) is 0 Å². The first kappa shape index (κ1) is 16.3. The summed E-state index contributed by atoms with van der Waals surface area (Å²) in [6.07, 6.45) is 5.44. The molecule has 0 aliphatic heterocycles. The summed E-state index contributed by atoms with van der Waals surface area (Å²) >= 11 is 0. The zero-order chi connectivity index (χ0) is 13.0. The van der Waals surface area contributed by atoms with E-state index in [0.717, 1.165) is 11.7 Å². The lowest BCUT2D eigenvalue weighted by Crippen LogP contribution is -2.28. The molecule has 2 atom stereocenters. The monoisotopic (exact) mass is 283 g/mol. The molecule has 0 N–H and O–H groups in total. The average molecular weight is 284 g/mol. The highest BCUT2D eigenvalue weighted by Gasteiger charge is 2.26. The van der Waals surface area contributed by atoms with Crippen molar-refractivity contribution in [2.24, 2.45) is 5.92 Å². The Labute approximate surface area is 123 Å². The number of hydrogen-bond acceptors (Lipinski definition) is 2. The van der Waals surface area contributed by atoms with Gasteiger partial charge in [-0.1, -0.05) is 25.0 Å². The van der Waals surface area contributed by atoms with E-state index in [0.29, 0.717) is 5.92 Å². The summed E-state index contributed by atoms with van der Waals surface area (Å²) in [6, 6.07) is 8.64. The Balaban J connectivity index is 0.00000180. The molecule has 1 saturated carbocycles. The molecule has 0 unspecified atom stereocenters. The fourth-order valence-corrected chi connectivity index (χ4v) is 3.21. The smallest absolute Gasteiger partial charge is 0.119 e. The first-order chi connectivity index (χ1) is 8.70. The zero-order valence-electron chi connectivity index (χ0n) is 12.3. The van der Waals surface area contributed by atoms with E-state index in [1.54, 1.807) is 7.11 Å². The van der Waals surface area contributed by atoms with E-state index < -0.39 is 0 Å². The van der Waals surface area contributed by atoms with Crippen LogP contribution >= 0.6 is 12.4 Å². The van der Waals surface area contributed by atoms with Crippen LogP contribution in [0.15, 0.2) is 24.3 Å². The highest BCUT2D eigenvalue weighted by atomic mass is 35.5. The molecule has 1 aliphatic carbocycles. The topological polar surface area (TPSA) is 12.5 Å². The SMILES string of the molecule is COc1cccc([C@@H]2CCCC[C@H]2CN(C)C)c1.Cl. The van der Waals surface area contributed by atoms with Crippen LogP contribution < -0.4 is 4.74 Å². The van der Waals surface area contributed by atoms with Gasteiger partial charge >= 0.3 is 0 Å². The summed E-state index contributed by atoms with van der Waals surface area (Å²) in [5.41, 5.74) is 1.46. The van der Waals surface area contributed by atoms with Crippen molar-refractivity contribution in [1.82, 2.24) is 4.90 Å². The van der Waals surface area contributed by atoms with E-state index in [9.17, 15) is 0 Å². The lowest BCUT2D eigenvalue weighted by atomic mass is 9.75. The van der Waals surface area contributed by atoms with Gasteiger partial charge in [0.1, 0.15) is 5.75 Å². The van der Waals surface area contributed by atoms with Crippen molar-refractivity contribution in [2.75, 3.05) is 27.7 Å². The third kappa shape index (κ3) is 4.39. The Bertz CT molecular complexity index is 381. The lowest BCUT2D eigenvalue weighted by Gasteiger charge is -2.34. The van der Waals surface area contributed by atoms with Crippen LogP contribution in [-0.4, -0.2) is 32.6 Å².